The third-order valence-electron chi connectivity index (χ3n) is 4.41. The second-order valence-electron chi connectivity index (χ2n) is 5.96. The van der Waals surface area contributed by atoms with Crippen LogP contribution in [0.4, 0.5) is 5.82 Å². The number of nitrogens with two attached hydrogens (primary N) is 1. The summed E-state index contributed by atoms with van der Waals surface area (Å²) in [5.41, 5.74) is 9.59. The van der Waals surface area contributed by atoms with Gasteiger partial charge in [0, 0.05) is 11.3 Å². The molecule has 0 unspecified atom stereocenters. The zero-order chi connectivity index (χ0) is 16.7. The van der Waals surface area contributed by atoms with Crippen molar-refractivity contribution in [1.82, 2.24) is 14.5 Å². The van der Waals surface area contributed by atoms with Crippen molar-refractivity contribution in [1.29, 1.82) is 0 Å². The van der Waals surface area contributed by atoms with Crippen molar-refractivity contribution in [3.05, 3.63) is 58.0 Å². The summed E-state index contributed by atoms with van der Waals surface area (Å²) in [4.78, 5) is 21.8. The number of nitrogens with zero attached hydrogens (tertiary/aromatic N) is 3. The molecule has 24 heavy (non-hydrogen) atoms. The highest BCUT2D eigenvalue weighted by atomic mass is 32.1. The maximum absolute atomic E-state index is 12.8. The van der Waals surface area contributed by atoms with E-state index in [9.17, 15) is 4.79 Å². The Balaban J connectivity index is 1.94. The lowest BCUT2D eigenvalue weighted by molar-refractivity contribution is 0.0959. The molecule has 0 radical (unpaired) electrons. The molecule has 1 aliphatic rings. The largest absolute Gasteiger partial charge is 0.384 e. The standard InChI is InChI=1S/C18H16N4OS/c19-15-13-10-12-8-4-5-9-14(12)20-16(13)21-18(24)22(15)17(23)11-6-2-1-3-7-11/h1-3,6-7,10H,4-5,8-9,19H2. The summed E-state index contributed by atoms with van der Waals surface area (Å²) < 4.78 is 1.43. The number of anilines is 1. The molecule has 5 nitrogen and oxygen atoms in total. The quantitative estimate of drug-likeness (QED) is 0.690. The van der Waals surface area contributed by atoms with Gasteiger partial charge in [0.15, 0.2) is 5.65 Å². The summed E-state index contributed by atoms with van der Waals surface area (Å²) in [6, 6.07) is 11.0. The van der Waals surface area contributed by atoms with E-state index < -0.39 is 0 Å². The summed E-state index contributed by atoms with van der Waals surface area (Å²) in [7, 11) is 0. The van der Waals surface area contributed by atoms with Crippen molar-refractivity contribution in [2.45, 2.75) is 25.7 Å². The number of aromatic nitrogens is 3. The van der Waals surface area contributed by atoms with Gasteiger partial charge in [-0.05, 0) is 61.7 Å². The Morgan fingerprint density at radius 2 is 1.88 bits per heavy atom. The first-order valence-corrected chi connectivity index (χ1v) is 8.37. The molecule has 2 heterocycles. The van der Waals surface area contributed by atoms with Crippen LogP contribution in [0, 0.1) is 4.77 Å². The summed E-state index contributed by atoms with van der Waals surface area (Å²) in [6.07, 6.45) is 4.23. The Kier molecular flexibility index (Phi) is 3.61. The molecule has 0 amide bonds. The van der Waals surface area contributed by atoms with Crippen LogP contribution < -0.4 is 5.73 Å². The Hall–Kier alpha value is -2.60. The normalized spacial score (nSPS) is 13.7. The van der Waals surface area contributed by atoms with Crippen LogP contribution in [0.1, 0.15) is 34.5 Å². The highest BCUT2D eigenvalue weighted by molar-refractivity contribution is 7.71. The SMILES string of the molecule is Nc1c2cc3c(nc2nc(=S)n1C(=O)c1ccccc1)CCCC3. The Morgan fingerprint density at radius 3 is 2.67 bits per heavy atom. The molecule has 0 spiro atoms. The molecule has 3 aromatic rings. The van der Waals surface area contributed by atoms with Crippen molar-refractivity contribution in [2.75, 3.05) is 5.73 Å². The summed E-state index contributed by atoms with van der Waals surface area (Å²) in [5, 5.41) is 0.688. The van der Waals surface area contributed by atoms with E-state index in [0.29, 0.717) is 22.4 Å². The minimum absolute atomic E-state index is 0.136. The first-order valence-electron chi connectivity index (χ1n) is 7.96. The highest BCUT2D eigenvalue weighted by Gasteiger charge is 2.18. The lowest BCUT2D eigenvalue weighted by Crippen LogP contribution is -2.19. The fraction of sp³-hybridized carbons (Fsp3) is 0.222. The van der Waals surface area contributed by atoms with Gasteiger partial charge in [-0.15, -0.1) is 0 Å². The molecule has 2 aromatic heterocycles. The molecule has 1 aliphatic carbocycles. The van der Waals surface area contributed by atoms with Gasteiger partial charge in [-0.3, -0.25) is 4.79 Å². The minimum Gasteiger partial charge on any atom is -0.384 e. The fourth-order valence-corrected chi connectivity index (χ4v) is 3.43. The smallest absolute Gasteiger partial charge is 0.265 e. The highest BCUT2D eigenvalue weighted by Crippen LogP contribution is 2.26. The molecule has 120 valence electrons. The number of pyridine rings is 1. The number of rotatable bonds is 1. The monoisotopic (exact) mass is 336 g/mol. The number of nitrogen functional groups attached to an aromatic ring is 1. The second-order valence-corrected chi connectivity index (χ2v) is 6.32. The lowest BCUT2D eigenvalue weighted by Gasteiger charge is -2.17. The Morgan fingerprint density at radius 1 is 1.12 bits per heavy atom. The maximum Gasteiger partial charge on any atom is 0.265 e. The van der Waals surface area contributed by atoms with Gasteiger partial charge in [-0.25, -0.2) is 9.55 Å². The van der Waals surface area contributed by atoms with Crippen molar-refractivity contribution < 1.29 is 4.79 Å². The summed E-state index contributed by atoms with van der Waals surface area (Å²) in [5.74, 6) is 0.0324. The van der Waals surface area contributed by atoms with Gasteiger partial charge < -0.3 is 5.73 Å². The Bertz CT molecular complexity index is 1010. The van der Waals surface area contributed by atoms with E-state index in [1.54, 1.807) is 24.3 Å². The zero-order valence-electron chi connectivity index (χ0n) is 13.0. The van der Waals surface area contributed by atoms with E-state index in [4.69, 9.17) is 18.0 Å². The maximum atomic E-state index is 12.8. The van der Waals surface area contributed by atoms with Crippen LogP contribution in [-0.2, 0) is 12.8 Å². The van der Waals surface area contributed by atoms with Gasteiger partial charge in [-0.1, -0.05) is 18.2 Å². The van der Waals surface area contributed by atoms with Gasteiger partial charge in [0.25, 0.3) is 5.91 Å². The number of benzene rings is 1. The first kappa shape index (κ1) is 15.0. The molecule has 0 atom stereocenters. The molecule has 0 aliphatic heterocycles. The van der Waals surface area contributed by atoms with Gasteiger partial charge in [-0.2, -0.15) is 4.98 Å². The average Bonchev–Trinajstić information content (AvgIpc) is 2.61. The summed E-state index contributed by atoms with van der Waals surface area (Å²) in [6.45, 7) is 0. The average molecular weight is 336 g/mol. The van der Waals surface area contributed by atoms with Gasteiger partial charge in [0.1, 0.15) is 5.82 Å². The van der Waals surface area contributed by atoms with Gasteiger partial charge in [0.2, 0.25) is 4.77 Å². The van der Waals surface area contributed by atoms with Gasteiger partial charge >= 0.3 is 0 Å². The second kappa shape index (κ2) is 5.79. The predicted molar refractivity (Wildman–Crippen MR) is 95.6 cm³/mol. The molecule has 0 saturated heterocycles. The van der Waals surface area contributed by atoms with Crippen LogP contribution >= 0.6 is 12.2 Å². The van der Waals surface area contributed by atoms with E-state index >= 15 is 0 Å². The van der Waals surface area contributed by atoms with E-state index in [2.05, 4.69) is 9.97 Å². The van der Waals surface area contributed by atoms with Crippen LogP contribution in [0.3, 0.4) is 0 Å². The molecule has 0 bridgehead atoms. The molecule has 2 N–H and O–H groups in total. The number of aryl methyl sites for hydroxylation is 2. The number of fused-ring (bicyclic) bond motifs is 2. The van der Waals surface area contributed by atoms with Crippen molar-refractivity contribution in [2.24, 2.45) is 0 Å². The molecule has 4 rings (SSSR count). The number of hydrogen-bond acceptors (Lipinski definition) is 5. The van der Waals surface area contributed by atoms with E-state index in [1.807, 2.05) is 12.1 Å². The van der Waals surface area contributed by atoms with Crippen molar-refractivity contribution >= 4 is 35.0 Å². The van der Waals surface area contributed by atoms with E-state index in [1.165, 1.54) is 10.1 Å². The topological polar surface area (TPSA) is 73.8 Å². The predicted octanol–water partition coefficient (Wildman–Crippen LogP) is 3.31. The van der Waals surface area contributed by atoms with Crippen LogP contribution in [0.2, 0.25) is 0 Å². The van der Waals surface area contributed by atoms with Crippen LogP contribution in [0.5, 0.6) is 0 Å². The van der Waals surface area contributed by atoms with E-state index in [-0.39, 0.29) is 10.7 Å². The molecule has 0 fully saturated rings. The first-order chi connectivity index (χ1) is 11.6. The van der Waals surface area contributed by atoms with E-state index in [0.717, 1.165) is 31.4 Å². The molecule has 0 saturated carbocycles. The number of hydrogen-bond donors (Lipinski definition) is 1. The number of carbonyl (C=O) groups excluding carboxylic acids is 1. The third kappa shape index (κ3) is 2.39. The fourth-order valence-electron chi connectivity index (χ4n) is 3.17. The van der Waals surface area contributed by atoms with Crippen molar-refractivity contribution in [3.8, 4) is 0 Å². The molecular formula is C18H16N4OS. The molecule has 6 heteroatoms. The molecule has 1 aromatic carbocycles. The third-order valence-corrected chi connectivity index (χ3v) is 4.69. The Labute approximate surface area is 144 Å². The lowest BCUT2D eigenvalue weighted by atomic mass is 9.95. The van der Waals surface area contributed by atoms with Crippen LogP contribution in [-0.4, -0.2) is 20.4 Å². The number of carbonyl (C=O) groups is 1. The minimum atomic E-state index is -0.273. The molecular weight excluding hydrogens is 320 g/mol. The van der Waals surface area contributed by atoms with Crippen LogP contribution in [0.25, 0.3) is 11.0 Å². The van der Waals surface area contributed by atoms with Gasteiger partial charge in [0.05, 0.1) is 5.39 Å². The summed E-state index contributed by atoms with van der Waals surface area (Å²) >= 11 is 5.31. The van der Waals surface area contributed by atoms with Crippen molar-refractivity contribution in [3.63, 3.8) is 0 Å². The van der Waals surface area contributed by atoms with Crippen LogP contribution in [0.15, 0.2) is 36.4 Å². The zero-order valence-corrected chi connectivity index (χ0v) is 13.8.